The summed E-state index contributed by atoms with van der Waals surface area (Å²) in [6.07, 6.45) is 3.46. The van der Waals surface area contributed by atoms with Gasteiger partial charge in [-0.1, -0.05) is 12.1 Å². The van der Waals surface area contributed by atoms with Crippen LogP contribution in [-0.4, -0.2) is 31.1 Å². The number of carbonyl (C=O) groups is 1. The maximum absolute atomic E-state index is 12.7. The molecule has 5 N–H and O–H groups in total. The molecule has 0 aliphatic carbocycles. The van der Waals surface area contributed by atoms with E-state index in [4.69, 9.17) is 5.73 Å². The van der Waals surface area contributed by atoms with Gasteiger partial charge in [0.05, 0.1) is 22.6 Å². The summed E-state index contributed by atoms with van der Waals surface area (Å²) >= 11 is 0. The molecule has 0 bridgehead atoms. The van der Waals surface area contributed by atoms with Gasteiger partial charge in [-0.3, -0.25) is 14.9 Å². The highest BCUT2D eigenvalue weighted by molar-refractivity contribution is 6.02. The van der Waals surface area contributed by atoms with Crippen LogP contribution < -0.4 is 11.1 Å². The van der Waals surface area contributed by atoms with Crippen molar-refractivity contribution < 1.29 is 4.79 Å². The molecule has 0 unspecified atom stereocenters. The fourth-order valence-electron chi connectivity index (χ4n) is 3.49. The fraction of sp³-hybridized carbons (Fsp3) is 0.0909. The van der Waals surface area contributed by atoms with E-state index in [2.05, 4.69) is 30.5 Å². The zero-order valence-corrected chi connectivity index (χ0v) is 16.2. The van der Waals surface area contributed by atoms with Gasteiger partial charge in [-0.05, 0) is 48.9 Å². The molecule has 0 saturated carbocycles. The number of imidazole rings is 1. The van der Waals surface area contributed by atoms with Gasteiger partial charge in [0, 0.05) is 29.0 Å². The summed E-state index contributed by atoms with van der Waals surface area (Å²) in [6.45, 7) is 1.92. The molecule has 5 aromatic rings. The van der Waals surface area contributed by atoms with E-state index in [0.29, 0.717) is 11.2 Å². The van der Waals surface area contributed by atoms with Gasteiger partial charge in [0.15, 0.2) is 5.82 Å². The summed E-state index contributed by atoms with van der Waals surface area (Å²) in [7, 11) is 0. The molecular formula is C22H19N7O. The minimum absolute atomic E-state index is 0.177. The highest BCUT2D eigenvalue weighted by Crippen LogP contribution is 2.29. The number of fused-ring (bicyclic) bond motifs is 2. The Labute approximate surface area is 171 Å². The first-order valence-electron chi connectivity index (χ1n) is 9.53. The third-order valence-electron chi connectivity index (χ3n) is 5.12. The van der Waals surface area contributed by atoms with E-state index in [1.807, 2.05) is 55.5 Å². The smallest absolute Gasteiger partial charge is 0.287 e. The fourth-order valence-corrected chi connectivity index (χ4v) is 3.49. The Bertz CT molecular complexity index is 1350. The van der Waals surface area contributed by atoms with Crippen LogP contribution in [0.4, 0.5) is 5.69 Å². The lowest BCUT2D eigenvalue weighted by Crippen LogP contribution is -2.27. The molecule has 0 spiro atoms. The second-order valence-electron chi connectivity index (χ2n) is 7.17. The largest absolute Gasteiger partial charge is 0.399 e. The van der Waals surface area contributed by atoms with Crippen molar-refractivity contribution in [2.75, 3.05) is 5.73 Å². The molecule has 3 heterocycles. The number of nitrogens with one attached hydrogen (secondary N) is 3. The lowest BCUT2D eigenvalue weighted by molar-refractivity contribution is 0.0930. The molecule has 2 aromatic carbocycles. The number of aromatic nitrogens is 5. The van der Waals surface area contributed by atoms with Crippen molar-refractivity contribution in [1.29, 1.82) is 0 Å². The molecule has 1 atom stereocenters. The molecule has 0 aliphatic heterocycles. The Balaban J connectivity index is 1.45. The van der Waals surface area contributed by atoms with E-state index in [9.17, 15) is 4.79 Å². The maximum atomic E-state index is 12.7. The molecule has 148 valence electrons. The van der Waals surface area contributed by atoms with E-state index in [1.54, 1.807) is 12.4 Å². The second kappa shape index (κ2) is 7.00. The molecule has 1 amide bonds. The number of amides is 1. The third kappa shape index (κ3) is 3.14. The molecule has 3 aromatic heterocycles. The molecule has 0 saturated heterocycles. The molecule has 0 fully saturated rings. The first-order chi connectivity index (χ1) is 14.6. The number of benzene rings is 2. The standard InChI is InChI=1S/C22H19N7O/c1-12(13-2-4-15(23)5-3-13)25-22(30)21-26-18-10-16-17(11-19(18)27-21)28-29-20(16)14-6-8-24-9-7-14/h2-12H,23H2,1H3,(H,25,30)(H,26,27)(H,28,29)/t12-/m1/s1. The van der Waals surface area contributed by atoms with E-state index >= 15 is 0 Å². The van der Waals surface area contributed by atoms with Gasteiger partial charge in [0.1, 0.15) is 5.69 Å². The van der Waals surface area contributed by atoms with Crippen molar-refractivity contribution in [2.24, 2.45) is 0 Å². The van der Waals surface area contributed by atoms with Crippen LogP contribution in [0.5, 0.6) is 0 Å². The number of aromatic amines is 2. The summed E-state index contributed by atoms with van der Waals surface area (Å²) in [5.74, 6) is -0.00923. The Morgan fingerprint density at radius 1 is 1.07 bits per heavy atom. The summed E-state index contributed by atoms with van der Waals surface area (Å²) in [5.41, 5.74) is 11.5. The van der Waals surface area contributed by atoms with Crippen LogP contribution in [0.3, 0.4) is 0 Å². The van der Waals surface area contributed by atoms with Crippen LogP contribution in [0.2, 0.25) is 0 Å². The summed E-state index contributed by atoms with van der Waals surface area (Å²) in [6, 6.07) is 14.9. The Morgan fingerprint density at radius 2 is 1.83 bits per heavy atom. The topological polar surface area (TPSA) is 125 Å². The molecule has 8 nitrogen and oxygen atoms in total. The molecule has 0 aliphatic rings. The number of H-pyrrole nitrogens is 2. The van der Waals surface area contributed by atoms with Gasteiger partial charge in [-0.25, -0.2) is 4.98 Å². The van der Waals surface area contributed by atoms with Crippen LogP contribution in [0, 0.1) is 0 Å². The van der Waals surface area contributed by atoms with Crippen LogP contribution in [0.1, 0.15) is 29.1 Å². The van der Waals surface area contributed by atoms with E-state index < -0.39 is 0 Å². The first kappa shape index (κ1) is 17.9. The number of rotatable bonds is 4. The second-order valence-corrected chi connectivity index (χ2v) is 7.17. The van der Waals surface area contributed by atoms with Crippen LogP contribution >= 0.6 is 0 Å². The predicted octanol–water partition coefficient (Wildman–Crippen LogP) is 3.57. The maximum Gasteiger partial charge on any atom is 0.287 e. The van der Waals surface area contributed by atoms with Crippen LogP contribution in [-0.2, 0) is 0 Å². The number of nitrogens with two attached hydrogens (primary N) is 1. The number of anilines is 1. The van der Waals surface area contributed by atoms with Crippen molar-refractivity contribution in [3.63, 3.8) is 0 Å². The van der Waals surface area contributed by atoms with Crippen LogP contribution in [0.25, 0.3) is 33.2 Å². The lowest BCUT2D eigenvalue weighted by Gasteiger charge is -2.13. The number of nitrogen functional groups attached to an aromatic ring is 1. The average Bonchev–Trinajstić information content (AvgIpc) is 3.36. The SMILES string of the molecule is C[C@@H](NC(=O)c1nc2cc3c(-c4ccncc4)n[nH]c3cc2[nH]1)c1ccc(N)cc1. The Hall–Kier alpha value is -4.20. The minimum Gasteiger partial charge on any atom is -0.399 e. The quantitative estimate of drug-likeness (QED) is 0.345. The van der Waals surface area contributed by atoms with E-state index in [0.717, 1.165) is 33.2 Å². The van der Waals surface area contributed by atoms with Crippen molar-refractivity contribution in [1.82, 2.24) is 30.5 Å². The van der Waals surface area contributed by atoms with Gasteiger partial charge in [0.2, 0.25) is 0 Å². The number of pyridine rings is 1. The number of hydrogen-bond acceptors (Lipinski definition) is 5. The van der Waals surface area contributed by atoms with Crippen molar-refractivity contribution in [3.8, 4) is 11.3 Å². The predicted molar refractivity (Wildman–Crippen MR) is 116 cm³/mol. The van der Waals surface area contributed by atoms with Crippen molar-refractivity contribution >= 4 is 33.5 Å². The lowest BCUT2D eigenvalue weighted by atomic mass is 10.1. The molecule has 5 rings (SSSR count). The van der Waals surface area contributed by atoms with Gasteiger partial charge >= 0.3 is 0 Å². The molecule has 8 heteroatoms. The summed E-state index contributed by atoms with van der Waals surface area (Å²) in [5, 5.41) is 11.4. The molecular weight excluding hydrogens is 378 g/mol. The Morgan fingerprint density at radius 3 is 2.60 bits per heavy atom. The highest BCUT2D eigenvalue weighted by atomic mass is 16.2. The van der Waals surface area contributed by atoms with Gasteiger partial charge < -0.3 is 16.0 Å². The zero-order chi connectivity index (χ0) is 20.7. The van der Waals surface area contributed by atoms with Gasteiger partial charge in [-0.15, -0.1) is 0 Å². The average molecular weight is 397 g/mol. The van der Waals surface area contributed by atoms with E-state index in [1.165, 1.54) is 0 Å². The normalized spacial score (nSPS) is 12.3. The number of hydrogen-bond donors (Lipinski definition) is 4. The molecule has 0 radical (unpaired) electrons. The van der Waals surface area contributed by atoms with Gasteiger partial charge in [0.25, 0.3) is 5.91 Å². The zero-order valence-electron chi connectivity index (χ0n) is 16.2. The number of carbonyl (C=O) groups excluding carboxylic acids is 1. The monoisotopic (exact) mass is 397 g/mol. The number of nitrogens with zero attached hydrogens (tertiary/aromatic N) is 3. The third-order valence-corrected chi connectivity index (χ3v) is 5.12. The van der Waals surface area contributed by atoms with Crippen LogP contribution in [0.15, 0.2) is 60.9 Å². The summed E-state index contributed by atoms with van der Waals surface area (Å²) in [4.78, 5) is 24.4. The Kier molecular flexibility index (Phi) is 4.17. The highest BCUT2D eigenvalue weighted by Gasteiger charge is 2.17. The van der Waals surface area contributed by atoms with E-state index in [-0.39, 0.29) is 17.8 Å². The van der Waals surface area contributed by atoms with Crippen molar-refractivity contribution in [2.45, 2.75) is 13.0 Å². The van der Waals surface area contributed by atoms with Crippen molar-refractivity contribution in [3.05, 3.63) is 72.3 Å². The first-order valence-corrected chi connectivity index (χ1v) is 9.53. The molecule has 30 heavy (non-hydrogen) atoms. The summed E-state index contributed by atoms with van der Waals surface area (Å²) < 4.78 is 0. The van der Waals surface area contributed by atoms with Gasteiger partial charge in [-0.2, -0.15) is 5.10 Å². The minimum atomic E-state index is -0.272.